The van der Waals surface area contributed by atoms with Crippen LogP contribution in [0, 0.1) is 5.92 Å². The second kappa shape index (κ2) is 11.0. The van der Waals surface area contributed by atoms with E-state index in [1.54, 1.807) is 24.3 Å². The zero-order valence-electron chi connectivity index (χ0n) is 13.7. The van der Waals surface area contributed by atoms with Gasteiger partial charge in [0.15, 0.2) is 0 Å². The molecular weight excluding hydrogens is 318 g/mol. The van der Waals surface area contributed by atoms with Crippen molar-refractivity contribution in [2.75, 3.05) is 0 Å². The number of carboxylic acids is 1. The summed E-state index contributed by atoms with van der Waals surface area (Å²) in [5, 5.41) is 8.84. The standard InChI is InChI=1S/C17H25NO4.ClH/c1-3-6-13(7-4-2)17(21)22-14-9-5-8-12(10-14)11-15(18)16(19)20;/h5,8-10,13,15H,3-4,6-7,11,18H2,1-2H3,(H,19,20);1H. The summed E-state index contributed by atoms with van der Waals surface area (Å²) < 4.78 is 5.44. The topological polar surface area (TPSA) is 89.6 Å². The average molecular weight is 344 g/mol. The molecule has 0 aliphatic rings. The number of carbonyl (C=O) groups excluding carboxylic acids is 1. The van der Waals surface area contributed by atoms with Crippen LogP contribution in [0.1, 0.15) is 45.1 Å². The van der Waals surface area contributed by atoms with Gasteiger partial charge in [0.1, 0.15) is 11.8 Å². The molecular formula is C17H26ClNO4. The van der Waals surface area contributed by atoms with Gasteiger partial charge in [-0.15, -0.1) is 12.4 Å². The molecule has 0 saturated heterocycles. The van der Waals surface area contributed by atoms with Gasteiger partial charge in [-0.3, -0.25) is 9.59 Å². The fraction of sp³-hybridized carbons (Fsp3) is 0.529. The molecule has 5 nitrogen and oxygen atoms in total. The first-order chi connectivity index (χ1) is 10.5. The predicted octanol–water partition coefficient (Wildman–Crippen LogP) is 3.18. The van der Waals surface area contributed by atoms with Gasteiger partial charge >= 0.3 is 11.9 Å². The van der Waals surface area contributed by atoms with E-state index in [9.17, 15) is 9.59 Å². The lowest BCUT2D eigenvalue weighted by atomic mass is 9.98. The monoisotopic (exact) mass is 343 g/mol. The van der Waals surface area contributed by atoms with Crippen LogP contribution in [0.3, 0.4) is 0 Å². The van der Waals surface area contributed by atoms with Gasteiger partial charge in [0.05, 0.1) is 5.92 Å². The Labute approximate surface area is 143 Å². The Balaban J connectivity index is 0.00000484. The first-order valence-corrected chi connectivity index (χ1v) is 7.76. The van der Waals surface area contributed by atoms with Crippen molar-refractivity contribution in [3.8, 4) is 5.75 Å². The van der Waals surface area contributed by atoms with Crippen LogP contribution in [-0.4, -0.2) is 23.1 Å². The summed E-state index contributed by atoms with van der Waals surface area (Å²) >= 11 is 0. The number of carbonyl (C=O) groups is 2. The predicted molar refractivity (Wildman–Crippen MR) is 91.9 cm³/mol. The molecule has 1 atom stereocenters. The maximum absolute atomic E-state index is 12.2. The van der Waals surface area contributed by atoms with Gasteiger partial charge in [0.25, 0.3) is 0 Å². The van der Waals surface area contributed by atoms with Crippen molar-refractivity contribution in [3.05, 3.63) is 29.8 Å². The average Bonchev–Trinajstić information content (AvgIpc) is 2.47. The Bertz CT molecular complexity index is 501. The summed E-state index contributed by atoms with van der Waals surface area (Å²) in [6.07, 6.45) is 3.71. The Kier molecular flexibility index (Phi) is 10.3. The third-order valence-corrected chi connectivity index (χ3v) is 3.50. The van der Waals surface area contributed by atoms with E-state index >= 15 is 0 Å². The highest BCUT2D eigenvalue weighted by Crippen LogP contribution is 2.20. The van der Waals surface area contributed by atoms with Crippen LogP contribution in [0.25, 0.3) is 0 Å². The smallest absolute Gasteiger partial charge is 0.320 e. The third-order valence-electron chi connectivity index (χ3n) is 3.50. The zero-order valence-corrected chi connectivity index (χ0v) is 14.5. The van der Waals surface area contributed by atoms with Crippen molar-refractivity contribution in [2.45, 2.75) is 52.0 Å². The van der Waals surface area contributed by atoms with Crippen molar-refractivity contribution in [3.63, 3.8) is 0 Å². The van der Waals surface area contributed by atoms with Crippen molar-refractivity contribution in [1.29, 1.82) is 0 Å². The van der Waals surface area contributed by atoms with Gasteiger partial charge in [-0.25, -0.2) is 0 Å². The molecule has 0 radical (unpaired) electrons. The number of carboxylic acid groups (broad SMARTS) is 1. The number of hydrogen-bond donors (Lipinski definition) is 2. The van der Waals surface area contributed by atoms with Gasteiger partial charge in [0, 0.05) is 0 Å². The lowest BCUT2D eigenvalue weighted by Gasteiger charge is -2.15. The molecule has 1 aromatic carbocycles. The minimum Gasteiger partial charge on any atom is -0.480 e. The Hall–Kier alpha value is -1.59. The number of esters is 1. The third kappa shape index (κ3) is 7.48. The number of ether oxygens (including phenoxy) is 1. The molecule has 1 rings (SSSR count). The molecule has 0 heterocycles. The van der Waals surface area contributed by atoms with Crippen LogP contribution in [0.5, 0.6) is 5.75 Å². The van der Waals surface area contributed by atoms with E-state index < -0.39 is 12.0 Å². The van der Waals surface area contributed by atoms with Gasteiger partial charge < -0.3 is 15.6 Å². The summed E-state index contributed by atoms with van der Waals surface area (Å²) in [4.78, 5) is 23.0. The van der Waals surface area contributed by atoms with Crippen LogP contribution in [0.4, 0.5) is 0 Å². The van der Waals surface area contributed by atoms with E-state index in [2.05, 4.69) is 0 Å². The van der Waals surface area contributed by atoms with Gasteiger partial charge in [0.2, 0.25) is 0 Å². The Morgan fingerprint density at radius 2 is 1.83 bits per heavy atom. The molecule has 3 N–H and O–H groups in total. The molecule has 0 aromatic heterocycles. The van der Waals surface area contributed by atoms with Crippen molar-refractivity contribution in [1.82, 2.24) is 0 Å². The molecule has 0 amide bonds. The zero-order chi connectivity index (χ0) is 16.5. The summed E-state index contributed by atoms with van der Waals surface area (Å²) in [6, 6.07) is 5.92. The van der Waals surface area contributed by atoms with E-state index in [0.29, 0.717) is 5.75 Å². The van der Waals surface area contributed by atoms with Crippen LogP contribution in [0.2, 0.25) is 0 Å². The highest BCUT2D eigenvalue weighted by molar-refractivity contribution is 5.85. The number of hydrogen-bond acceptors (Lipinski definition) is 4. The van der Waals surface area contributed by atoms with Gasteiger partial charge in [-0.05, 0) is 37.0 Å². The lowest BCUT2D eigenvalue weighted by molar-refractivity contribution is -0.140. The number of nitrogens with two attached hydrogens (primary N) is 1. The van der Waals surface area contributed by atoms with E-state index in [4.69, 9.17) is 15.6 Å². The van der Waals surface area contributed by atoms with Crippen LogP contribution in [0.15, 0.2) is 24.3 Å². The normalized spacial score (nSPS) is 11.7. The fourth-order valence-corrected chi connectivity index (χ4v) is 2.35. The van der Waals surface area contributed by atoms with Crippen LogP contribution in [-0.2, 0) is 16.0 Å². The van der Waals surface area contributed by atoms with Crippen LogP contribution < -0.4 is 10.5 Å². The number of rotatable bonds is 9. The maximum atomic E-state index is 12.2. The molecule has 23 heavy (non-hydrogen) atoms. The van der Waals surface area contributed by atoms with Gasteiger partial charge in [-0.2, -0.15) is 0 Å². The first kappa shape index (κ1) is 21.4. The number of benzene rings is 1. The fourth-order valence-electron chi connectivity index (χ4n) is 2.35. The summed E-state index contributed by atoms with van der Waals surface area (Å²) in [5.41, 5.74) is 6.26. The second-order valence-corrected chi connectivity index (χ2v) is 5.49. The molecule has 6 heteroatoms. The SMILES string of the molecule is CCCC(CCC)C(=O)Oc1cccc(CC(N)C(=O)O)c1.Cl. The second-order valence-electron chi connectivity index (χ2n) is 5.49. The van der Waals surface area contributed by atoms with E-state index in [-0.39, 0.29) is 30.7 Å². The molecule has 0 saturated carbocycles. The molecule has 1 aromatic rings. The highest BCUT2D eigenvalue weighted by atomic mass is 35.5. The number of halogens is 1. The van der Waals surface area contributed by atoms with E-state index in [1.165, 1.54) is 0 Å². The molecule has 0 aliphatic carbocycles. The summed E-state index contributed by atoms with van der Waals surface area (Å²) in [5.74, 6) is -0.908. The van der Waals surface area contributed by atoms with Crippen molar-refractivity contribution in [2.24, 2.45) is 11.7 Å². The minimum atomic E-state index is -1.05. The highest BCUT2D eigenvalue weighted by Gasteiger charge is 2.19. The molecule has 1 unspecified atom stereocenters. The minimum absolute atomic E-state index is 0. The summed E-state index contributed by atoms with van der Waals surface area (Å²) in [6.45, 7) is 4.09. The summed E-state index contributed by atoms with van der Waals surface area (Å²) in [7, 11) is 0. The molecule has 0 fully saturated rings. The quantitative estimate of drug-likeness (QED) is 0.531. The largest absolute Gasteiger partial charge is 0.480 e. The Morgan fingerprint density at radius 3 is 2.35 bits per heavy atom. The Morgan fingerprint density at radius 1 is 1.22 bits per heavy atom. The lowest BCUT2D eigenvalue weighted by Crippen LogP contribution is -2.32. The first-order valence-electron chi connectivity index (χ1n) is 7.76. The van der Waals surface area contributed by atoms with Gasteiger partial charge in [-0.1, -0.05) is 38.8 Å². The van der Waals surface area contributed by atoms with Crippen molar-refractivity contribution >= 4 is 24.3 Å². The molecule has 0 aliphatic heterocycles. The van der Waals surface area contributed by atoms with E-state index in [1.807, 2.05) is 13.8 Å². The maximum Gasteiger partial charge on any atom is 0.320 e. The van der Waals surface area contributed by atoms with Crippen LogP contribution >= 0.6 is 12.4 Å². The number of aliphatic carboxylic acids is 1. The molecule has 0 bridgehead atoms. The van der Waals surface area contributed by atoms with E-state index in [0.717, 1.165) is 31.2 Å². The van der Waals surface area contributed by atoms with Crippen molar-refractivity contribution < 1.29 is 19.4 Å². The molecule has 0 spiro atoms. The molecule has 130 valence electrons.